The lowest BCUT2D eigenvalue weighted by Gasteiger charge is -2.16. The number of amides is 1. The maximum absolute atomic E-state index is 12.2. The fourth-order valence-corrected chi connectivity index (χ4v) is 2.52. The van der Waals surface area contributed by atoms with Crippen LogP contribution in [0.5, 0.6) is 5.75 Å². The predicted molar refractivity (Wildman–Crippen MR) is 99.0 cm³/mol. The van der Waals surface area contributed by atoms with Gasteiger partial charge in [0.05, 0.1) is 0 Å². The number of hydrogen-bond acceptors (Lipinski definition) is 3. The molecule has 0 aliphatic carbocycles. The Morgan fingerprint density at radius 3 is 2.59 bits per heavy atom. The van der Waals surface area contributed by atoms with Crippen molar-refractivity contribution in [3.8, 4) is 5.75 Å². The lowest BCUT2D eigenvalue weighted by atomic mass is 10.1. The van der Waals surface area contributed by atoms with Crippen molar-refractivity contribution in [3.05, 3.63) is 59.7 Å². The third kappa shape index (κ3) is 7.21. The van der Waals surface area contributed by atoms with Gasteiger partial charge >= 0.3 is 6.18 Å². The zero-order chi connectivity index (χ0) is 19.9. The molecular weight excluding hydrogens is 357 g/mol. The zero-order valence-electron chi connectivity index (χ0n) is 15.3. The second-order valence-corrected chi connectivity index (χ2v) is 6.27. The molecule has 0 aliphatic rings. The van der Waals surface area contributed by atoms with Crippen molar-refractivity contribution in [2.75, 3.05) is 18.5 Å². The molecule has 146 valence electrons. The summed E-state index contributed by atoms with van der Waals surface area (Å²) in [6.07, 6.45) is -3.67. The third-order valence-electron chi connectivity index (χ3n) is 3.97. The van der Waals surface area contributed by atoms with Crippen molar-refractivity contribution in [2.24, 2.45) is 0 Å². The van der Waals surface area contributed by atoms with Crippen LogP contribution in [0.1, 0.15) is 18.1 Å². The summed E-state index contributed by atoms with van der Waals surface area (Å²) in [4.78, 5) is 12.2. The maximum atomic E-state index is 12.2. The molecule has 0 spiro atoms. The minimum Gasteiger partial charge on any atom is -0.484 e. The van der Waals surface area contributed by atoms with Crippen LogP contribution < -0.4 is 15.4 Å². The van der Waals surface area contributed by atoms with Crippen LogP contribution >= 0.6 is 0 Å². The molecule has 0 aliphatic heterocycles. The van der Waals surface area contributed by atoms with Gasteiger partial charge in [-0.05, 0) is 43.5 Å². The van der Waals surface area contributed by atoms with Crippen molar-refractivity contribution in [1.82, 2.24) is 5.32 Å². The number of rotatable bonds is 8. The summed E-state index contributed by atoms with van der Waals surface area (Å²) in [5.74, 6) is -0.102. The van der Waals surface area contributed by atoms with E-state index in [4.69, 9.17) is 4.74 Å². The van der Waals surface area contributed by atoms with Gasteiger partial charge in [-0.15, -0.1) is 0 Å². The van der Waals surface area contributed by atoms with Crippen molar-refractivity contribution in [1.29, 1.82) is 0 Å². The molecule has 1 atom stereocenters. The molecule has 4 nitrogen and oxygen atoms in total. The van der Waals surface area contributed by atoms with Gasteiger partial charge in [-0.3, -0.25) is 4.79 Å². The second-order valence-electron chi connectivity index (χ2n) is 6.27. The topological polar surface area (TPSA) is 50.4 Å². The number of ether oxygens (including phenoxy) is 1. The normalized spacial score (nSPS) is 12.3. The van der Waals surface area contributed by atoms with Crippen LogP contribution in [0.15, 0.2) is 48.5 Å². The summed E-state index contributed by atoms with van der Waals surface area (Å²) in [7, 11) is 0. The Balaban J connectivity index is 1.82. The monoisotopic (exact) mass is 380 g/mol. The van der Waals surface area contributed by atoms with Gasteiger partial charge in [0.2, 0.25) is 5.91 Å². The van der Waals surface area contributed by atoms with Gasteiger partial charge in [0.1, 0.15) is 11.8 Å². The Labute approximate surface area is 156 Å². The largest absolute Gasteiger partial charge is 0.484 e. The number of carbonyl (C=O) groups excluding carboxylic acids is 1. The summed E-state index contributed by atoms with van der Waals surface area (Å²) in [6, 6.07) is 13.5. The average Bonchev–Trinajstić information content (AvgIpc) is 2.61. The Hall–Kier alpha value is -2.70. The van der Waals surface area contributed by atoms with Gasteiger partial charge in [-0.25, -0.2) is 0 Å². The predicted octanol–water partition coefficient (Wildman–Crippen LogP) is 4.10. The minimum absolute atomic E-state index is 0.0875. The highest BCUT2D eigenvalue weighted by molar-refractivity contribution is 5.84. The Bertz CT molecular complexity index is 763. The molecular formula is C20H23F3N2O2. The minimum atomic E-state index is -4.40. The molecule has 0 aromatic heterocycles. The number of alkyl halides is 3. The molecule has 0 saturated heterocycles. The Morgan fingerprint density at radius 1 is 1.15 bits per heavy atom. The number of nitrogens with one attached hydrogen (secondary N) is 2. The van der Waals surface area contributed by atoms with Gasteiger partial charge in [-0.1, -0.05) is 30.3 Å². The molecule has 0 saturated carbocycles. The van der Waals surface area contributed by atoms with Gasteiger partial charge in [0, 0.05) is 18.3 Å². The molecule has 2 aromatic carbocycles. The first-order valence-corrected chi connectivity index (χ1v) is 8.63. The van der Waals surface area contributed by atoms with Gasteiger partial charge in [-0.2, -0.15) is 13.2 Å². The molecule has 0 heterocycles. The number of carbonyl (C=O) groups is 1. The quantitative estimate of drug-likeness (QED) is 0.725. The zero-order valence-corrected chi connectivity index (χ0v) is 15.3. The standard InChI is InChI=1S/C20H23F3N2O2/c1-14-6-3-4-7-16(14)10-11-24-19(26)15(2)25-17-8-5-9-18(12-17)27-13-20(21,22)23/h3-9,12,15,25H,10-11,13H2,1-2H3,(H,24,26). The summed E-state index contributed by atoms with van der Waals surface area (Å²) in [6.45, 7) is 2.86. The first-order valence-electron chi connectivity index (χ1n) is 8.63. The number of anilines is 1. The second kappa shape index (κ2) is 9.30. The smallest absolute Gasteiger partial charge is 0.422 e. The van der Waals surface area contributed by atoms with Crippen LogP contribution in [0.3, 0.4) is 0 Å². The van der Waals surface area contributed by atoms with Crippen LogP contribution in [-0.4, -0.2) is 31.3 Å². The van der Waals surface area contributed by atoms with Crippen LogP contribution in [0.25, 0.3) is 0 Å². The fraction of sp³-hybridized carbons (Fsp3) is 0.350. The molecule has 0 bridgehead atoms. The molecule has 27 heavy (non-hydrogen) atoms. The lowest BCUT2D eigenvalue weighted by Crippen LogP contribution is -2.38. The highest BCUT2D eigenvalue weighted by Gasteiger charge is 2.28. The van der Waals surface area contributed by atoms with E-state index in [-0.39, 0.29) is 11.7 Å². The fourth-order valence-electron chi connectivity index (χ4n) is 2.52. The van der Waals surface area contributed by atoms with E-state index in [2.05, 4.69) is 10.6 Å². The molecule has 1 amide bonds. The van der Waals surface area contributed by atoms with Crippen LogP contribution in [0.4, 0.5) is 18.9 Å². The average molecular weight is 380 g/mol. The third-order valence-corrected chi connectivity index (χ3v) is 3.97. The number of benzene rings is 2. The highest BCUT2D eigenvalue weighted by Crippen LogP contribution is 2.21. The van der Waals surface area contributed by atoms with E-state index < -0.39 is 18.8 Å². The number of halogens is 3. The molecule has 7 heteroatoms. The van der Waals surface area contributed by atoms with E-state index in [1.54, 1.807) is 19.1 Å². The van der Waals surface area contributed by atoms with E-state index in [1.807, 2.05) is 31.2 Å². The molecule has 2 rings (SSSR count). The Morgan fingerprint density at radius 2 is 1.89 bits per heavy atom. The molecule has 2 aromatic rings. The van der Waals surface area contributed by atoms with Gasteiger partial charge < -0.3 is 15.4 Å². The highest BCUT2D eigenvalue weighted by atomic mass is 19.4. The van der Waals surface area contributed by atoms with E-state index in [0.717, 1.165) is 6.42 Å². The van der Waals surface area contributed by atoms with Crippen LogP contribution in [0.2, 0.25) is 0 Å². The first kappa shape index (κ1) is 20.6. The van der Waals surface area contributed by atoms with Crippen LogP contribution in [0, 0.1) is 6.92 Å². The van der Waals surface area contributed by atoms with E-state index in [1.165, 1.54) is 23.3 Å². The van der Waals surface area contributed by atoms with E-state index >= 15 is 0 Å². The summed E-state index contributed by atoms with van der Waals surface area (Å²) in [5, 5.41) is 5.82. The van der Waals surface area contributed by atoms with Crippen molar-refractivity contribution < 1.29 is 22.7 Å². The summed E-state index contributed by atoms with van der Waals surface area (Å²) in [5.41, 5.74) is 2.86. The SMILES string of the molecule is Cc1ccccc1CCNC(=O)C(C)Nc1cccc(OCC(F)(F)F)c1. The van der Waals surface area contributed by atoms with Gasteiger partial charge in [0.25, 0.3) is 0 Å². The van der Waals surface area contributed by atoms with E-state index in [9.17, 15) is 18.0 Å². The number of hydrogen-bond donors (Lipinski definition) is 2. The van der Waals surface area contributed by atoms with Crippen molar-refractivity contribution in [3.63, 3.8) is 0 Å². The van der Waals surface area contributed by atoms with E-state index in [0.29, 0.717) is 12.2 Å². The molecule has 2 N–H and O–H groups in total. The summed E-state index contributed by atoms with van der Waals surface area (Å²) >= 11 is 0. The first-order chi connectivity index (χ1) is 12.7. The lowest BCUT2D eigenvalue weighted by molar-refractivity contribution is -0.153. The number of aryl methyl sites for hydroxylation is 1. The molecule has 1 unspecified atom stereocenters. The van der Waals surface area contributed by atoms with Crippen molar-refractivity contribution >= 4 is 11.6 Å². The van der Waals surface area contributed by atoms with Crippen LogP contribution in [-0.2, 0) is 11.2 Å². The Kier molecular flexibility index (Phi) is 7.10. The van der Waals surface area contributed by atoms with Crippen molar-refractivity contribution in [2.45, 2.75) is 32.5 Å². The maximum Gasteiger partial charge on any atom is 0.422 e. The molecule has 0 radical (unpaired) electrons. The molecule has 0 fully saturated rings. The summed E-state index contributed by atoms with van der Waals surface area (Å²) < 4.78 is 41.4. The van der Waals surface area contributed by atoms with Gasteiger partial charge in [0.15, 0.2) is 6.61 Å².